The molecule has 0 amide bonds. The third-order valence-electron chi connectivity index (χ3n) is 3.46. The standard InChI is InChI=1S/C11H21NO5S/c1-11(13)17-9-7-12(5-3-2-4-6-12)8-10-18(14,15)16/h2-10H2,1H3/p+1. The van der Waals surface area contributed by atoms with Crippen LogP contribution in [-0.4, -0.2) is 62.0 Å². The van der Waals surface area contributed by atoms with E-state index in [9.17, 15) is 13.2 Å². The molecular formula is C11H22NO5S+. The lowest BCUT2D eigenvalue weighted by Gasteiger charge is -2.41. The Labute approximate surface area is 108 Å². The normalized spacial score (nSPS) is 19.4. The zero-order valence-corrected chi connectivity index (χ0v) is 11.6. The maximum absolute atomic E-state index is 10.9. The van der Waals surface area contributed by atoms with Crippen LogP contribution in [0.4, 0.5) is 0 Å². The van der Waals surface area contributed by atoms with E-state index in [1.54, 1.807) is 0 Å². The van der Waals surface area contributed by atoms with Crippen molar-refractivity contribution in [1.82, 2.24) is 0 Å². The molecule has 0 aromatic rings. The highest BCUT2D eigenvalue weighted by atomic mass is 32.2. The first kappa shape index (κ1) is 15.4. The van der Waals surface area contributed by atoms with E-state index in [2.05, 4.69) is 0 Å². The van der Waals surface area contributed by atoms with Crippen molar-refractivity contribution >= 4 is 16.1 Å². The van der Waals surface area contributed by atoms with Crippen molar-refractivity contribution in [2.24, 2.45) is 0 Å². The van der Waals surface area contributed by atoms with Gasteiger partial charge in [-0.2, -0.15) is 8.42 Å². The largest absolute Gasteiger partial charge is 0.460 e. The van der Waals surface area contributed by atoms with Crippen LogP contribution in [0.15, 0.2) is 0 Å². The highest BCUT2D eigenvalue weighted by Crippen LogP contribution is 2.18. The Morgan fingerprint density at radius 1 is 1.22 bits per heavy atom. The van der Waals surface area contributed by atoms with Crippen molar-refractivity contribution in [2.45, 2.75) is 26.2 Å². The molecule has 0 radical (unpaired) electrons. The zero-order chi connectivity index (χ0) is 13.6. The maximum Gasteiger partial charge on any atom is 0.302 e. The van der Waals surface area contributed by atoms with Gasteiger partial charge in [-0.25, -0.2) is 0 Å². The first-order valence-corrected chi connectivity index (χ1v) is 7.88. The number of likely N-dealkylation sites (tertiary alicyclic amines) is 1. The van der Waals surface area contributed by atoms with Gasteiger partial charge in [-0.15, -0.1) is 0 Å². The molecule has 18 heavy (non-hydrogen) atoms. The quantitative estimate of drug-likeness (QED) is 0.434. The van der Waals surface area contributed by atoms with Crippen LogP contribution in [0, 0.1) is 0 Å². The predicted octanol–water partition coefficient (Wildman–Crippen LogP) is 0.438. The van der Waals surface area contributed by atoms with Crippen LogP contribution in [0.3, 0.4) is 0 Å². The molecule has 1 fully saturated rings. The summed E-state index contributed by atoms with van der Waals surface area (Å²) in [6, 6.07) is 0. The highest BCUT2D eigenvalue weighted by molar-refractivity contribution is 7.85. The second-order valence-electron chi connectivity index (χ2n) is 4.92. The van der Waals surface area contributed by atoms with Gasteiger partial charge in [0.15, 0.2) is 0 Å². The fourth-order valence-electron chi connectivity index (χ4n) is 2.43. The summed E-state index contributed by atoms with van der Waals surface area (Å²) < 4.78 is 36.1. The van der Waals surface area contributed by atoms with Gasteiger partial charge in [0.25, 0.3) is 10.1 Å². The summed E-state index contributed by atoms with van der Waals surface area (Å²) in [5, 5.41) is 0. The molecule has 1 heterocycles. The van der Waals surface area contributed by atoms with Crippen molar-refractivity contribution in [2.75, 3.05) is 38.5 Å². The molecule has 1 rings (SSSR count). The van der Waals surface area contributed by atoms with E-state index >= 15 is 0 Å². The molecule has 0 atom stereocenters. The monoisotopic (exact) mass is 280 g/mol. The van der Waals surface area contributed by atoms with Gasteiger partial charge in [0, 0.05) is 6.92 Å². The van der Waals surface area contributed by atoms with Gasteiger partial charge in [0.1, 0.15) is 18.9 Å². The van der Waals surface area contributed by atoms with Gasteiger partial charge in [-0.1, -0.05) is 0 Å². The summed E-state index contributed by atoms with van der Waals surface area (Å²) >= 11 is 0. The van der Waals surface area contributed by atoms with Crippen molar-refractivity contribution in [1.29, 1.82) is 0 Å². The molecular weight excluding hydrogens is 258 g/mol. The Balaban J connectivity index is 2.54. The van der Waals surface area contributed by atoms with Crippen molar-refractivity contribution in [3.8, 4) is 0 Å². The maximum atomic E-state index is 10.9. The molecule has 6 nitrogen and oxygen atoms in total. The minimum Gasteiger partial charge on any atom is -0.460 e. The molecule has 1 N–H and O–H groups in total. The molecule has 0 aromatic carbocycles. The Bertz CT molecular complexity index is 373. The molecule has 1 aliphatic rings. The number of rotatable bonds is 6. The van der Waals surface area contributed by atoms with E-state index in [4.69, 9.17) is 9.29 Å². The Morgan fingerprint density at radius 2 is 1.83 bits per heavy atom. The van der Waals surface area contributed by atoms with E-state index in [1.165, 1.54) is 6.92 Å². The van der Waals surface area contributed by atoms with Gasteiger partial charge >= 0.3 is 5.97 Å². The lowest BCUT2D eigenvalue weighted by molar-refractivity contribution is -0.930. The zero-order valence-electron chi connectivity index (χ0n) is 10.8. The summed E-state index contributed by atoms with van der Waals surface area (Å²) in [7, 11) is -3.93. The Hall–Kier alpha value is -0.660. The van der Waals surface area contributed by atoms with Crippen molar-refractivity contribution < 1.29 is 27.0 Å². The van der Waals surface area contributed by atoms with Crippen LogP contribution in [0.2, 0.25) is 0 Å². The minimum absolute atomic E-state index is 0.229. The van der Waals surface area contributed by atoms with E-state index in [-0.39, 0.29) is 11.7 Å². The minimum atomic E-state index is -3.93. The van der Waals surface area contributed by atoms with Gasteiger partial charge < -0.3 is 9.22 Å². The molecule has 1 saturated heterocycles. The molecule has 0 spiro atoms. The SMILES string of the molecule is CC(=O)OCC[N+]1(CCS(=O)(=O)O)CCCCC1. The average Bonchev–Trinajstić information content (AvgIpc) is 2.27. The van der Waals surface area contributed by atoms with Crippen LogP contribution in [0.25, 0.3) is 0 Å². The second kappa shape index (κ2) is 6.49. The molecule has 0 bridgehead atoms. The van der Waals surface area contributed by atoms with Crippen molar-refractivity contribution in [3.63, 3.8) is 0 Å². The second-order valence-corrected chi connectivity index (χ2v) is 6.49. The van der Waals surface area contributed by atoms with E-state index < -0.39 is 10.1 Å². The van der Waals surface area contributed by atoms with E-state index in [0.717, 1.165) is 32.4 Å². The molecule has 0 aromatic heterocycles. The fraction of sp³-hybridized carbons (Fsp3) is 0.909. The molecule has 7 heteroatoms. The van der Waals surface area contributed by atoms with Gasteiger partial charge in [-0.3, -0.25) is 9.35 Å². The summed E-state index contributed by atoms with van der Waals surface area (Å²) in [6.45, 7) is 4.45. The Morgan fingerprint density at radius 3 is 2.33 bits per heavy atom. The molecule has 1 aliphatic heterocycles. The summed E-state index contributed by atoms with van der Waals surface area (Å²) in [4.78, 5) is 10.7. The van der Waals surface area contributed by atoms with Crippen LogP contribution in [0.5, 0.6) is 0 Å². The summed E-state index contributed by atoms with van der Waals surface area (Å²) in [5.41, 5.74) is 0. The van der Waals surface area contributed by atoms with Crippen LogP contribution in [0.1, 0.15) is 26.2 Å². The number of carbonyl (C=O) groups is 1. The molecule has 0 saturated carbocycles. The first-order valence-electron chi connectivity index (χ1n) is 6.27. The lowest BCUT2D eigenvalue weighted by Crippen LogP contribution is -2.55. The van der Waals surface area contributed by atoms with Crippen LogP contribution in [-0.2, 0) is 19.6 Å². The summed E-state index contributed by atoms with van der Waals surface area (Å²) in [6.07, 6.45) is 3.25. The first-order chi connectivity index (χ1) is 8.33. The number of esters is 1. The number of hydrogen-bond acceptors (Lipinski definition) is 4. The molecule has 0 aliphatic carbocycles. The molecule has 106 valence electrons. The number of nitrogens with zero attached hydrogens (tertiary/aromatic N) is 1. The number of ether oxygens (including phenoxy) is 1. The van der Waals surface area contributed by atoms with Crippen molar-refractivity contribution in [3.05, 3.63) is 0 Å². The average molecular weight is 280 g/mol. The van der Waals surface area contributed by atoms with E-state index in [0.29, 0.717) is 24.2 Å². The summed E-state index contributed by atoms with van der Waals surface area (Å²) in [5.74, 6) is -0.549. The topological polar surface area (TPSA) is 80.7 Å². The lowest BCUT2D eigenvalue weighted by atomic mass is 10.1. The predicted molar refractivity (Wildman–Crippen MR) is 66.6 cm³/mol. The number of hydrogen-bond donors (Lipinski definition) is 1. The van der Waals surface area contributed by atoms with E-state index in [1.807, 2.05) is 0 Å². The molecule has 0 unspecified atom stereocenters. The van der Waals surface area contributed by atoms with Crippen LogP contribution < -0.4 is 0 Å². The van der Waals surface area contributed by atoms with Gasteiger partial charge in [0.2, 0.25) is 0 Å². The number of carbonyl (C=O) groups excluding carboxylic acids is 1. The fourth-order valence-corrected chi connectivity index (χ4v) is 3.05. The van der Waals surface area contributed by atoms with Gasteiger partial charge in [-0.05, 0) is 19.3 Å². The highest BCUT2D eigenvalue weighted by Gasteiger charge is 2.31. The Kier molecular flexibility index (Phi) is 5.55. The van der Waals surface area contributed by atoms with Crippen LogP contribution >= 0.6 is 0 Å². The third kappa shape index (κ3) is 5.79. The number of quaternary nitrogens is 1. The smallest absolute Gasteiger partial charge is 0.302 e. The van der Waals surface area contributed by atoms with Gasteiger partial charge in [0.05, 0.1) is 19.6 Å². The number of piperidine rings is 1. The third-order valence-corrected chi connectivity index (χ3v) is 4.16.